The van der Waals surface area contributed by atoms with Gasteiger partial charge in [0.1, 0.15) is 0 Å². The van der Waals surface area contributed by atoms with E-state index in [0.717, 1.165) is 25.7 Å². The third kappa shape index (κ3) is 42.9. The van der Waals surface area contributed by atoms with Gasteiger partial charge < -0.3 is 4.55 Å². The van der Waals surface area contributed by atoms with Gasteiger partial charge in [-0.2, -0.15) is 0 Å². The second kappa shape index (κ2) is 40.3. The van der Waals surface area contributed by atoms with Crippen molar-refractivity contribution < 1.29 is 46.7 Å². The van der Waals surface area contributed by atoms with Crippen LogP contribution in [-0.2, 0) is 14.6 Å². The maximum atomic E-state index is 11.0. The fraction of sp³-hybridized carbons (Fsp3) is 1.00. The molecule has 0 aromatic carbocycles. The van der Waals surface area contributed by atoms with Crippen LogP contribution in [0.3, 0.4) is 0 Å². The Balaban J connectivity index is 0. The molecule has 6 heteroatoms. The number of unbranched alkanes of at least 4 members (excludes halogenated alkanes) is 32. The third-order valence-corrected chi connectivity index (χ3v) is 10.3. The standard InChI is InChI=1S/C40H82O4S.Na/c1-3-5-7-9-11-13-15-17-19-20-21-22-23-24-26-28-30-32-34-36-38-40(39-44-45(41,42)43)37-35-33-31-29-27-25-18-16-14-12-10-8-6-4-2;/h40H,3-39H2,1-2H3,(H,41,42,43);/q;+1/p-1. The van der Waals surface area contributed by atoms with Gasteiger partial charge in [0.15, 0.2) is 0 Å². The molecule has 1 unspecified atom stereocenters. The number of hydrogen-bond donors (Lipinski definition) is 0. The van der Waals surface area contributed by atoms with E-state index in [9.17, 15) is 13.0 Å². The van der Waals surface area contributed by atoms with Crippen LogP contribution in [0.25, 0.3) is 0 Å². The summed E-state index contributed by atoms with van der Waals surface area (Å²) >= 11 is 0. The second-order valence-electron chi connectivity index (χ2n) is 14.4. The molecule has 0 fully saturated rings. The van der Waals surface area contributed by atoms with Gasteiger partial charge in [0.25, 0.3) is 0 Å². The van der Waals surface area contributed by atoms with Crippen molar-refractivity contribution in [2.45, 2.75) is 245 Å². The van der Waals surface area contributed by atoms with Crippen LogP contribution in [0.4, 0.5) is 0 Å². The van der Waals surface area contributed by atoms with E-state index in [0.29, 0.717) is 0 Å². The SMILES string of the molecule is CCCCCCCCCCCCCCCCCCCCCCC(CCCCCCCCCCCCCCCC)COS(=O)(=O)[O-].[Na+]. The van der Waals surface area contributed by atoms with Crippen LogP contribution in [-0.4, -0.2) is 19.6 Å². The monoisotopic (exact) mass is 681 g/mol. The average molecular weight is 681 g/mol. The Kier molecular flexibility index (Phi) is 42.9. The van der Waals surface area contributed by atoms with Crippen LogP contribution in [0.2, 0.25) is 0 Å². The van der Waals surface area contributed by atoms with Crippen molar-refractivity contribution >= 4 is 10.4 Å². The van der Waals surface area contributed by atoms with Gasteiger partial charge in [0.05, 0.1) is 6.61 Å². The van der Waals surface area contributed by atoms with Gasteiger partial charge in [0.2, 0.25) is 10.4 Å². The van der Waals surface area contributed by atoms with E-state index >= 15 is 0 Å². The van der Waals surface area contributed by atoms with Crippen LogP contribution in [0.5, 0.6) is 0 Å². The van der Waals surface area contributed by atoms with Crippen LogP contribution in [0.15, 0.2) is 0 Å². The third-order valence-electron chi connectivity index (χ3n) is 9.88. The second-order valence-corrected chi connectivity index (χ2v) is 15.5. The minimum Gasteiger partial charge on any atom is -0.726 e. The molecule has 0 bridgehead atoms. The van der Waals surface area contributed by atoms with Gasteiger partial charge >= 0.3 is 29.6 Å². The topological polar surface area (TPSA) is 66.4 Å². The Morgan fingerprint density at radius 3 is 0.783 bits per heavy atom. The van der Waals surface area contributed by atoms with Crippen LogP contribution in [0, 0.1) is 5.92 Å². The summed E-state index contributed by atoms with van der Waals surface area (Å²) in [6.07, 6.45) is 48.3. The van der Waals surface area contributed by atoms with Crippen molar-refractivity contribution in [1.82, 2.24) is 0 Å². The summed E-state index contributed by atoms with van der Waals surface area (Å²) in [7, 11) is -4.59. The summed E-state index contributed by atoms with van der Waals surface area (Å²) < 4.78 is 37.7. The quantitative estimate of drug-likeness (QED) is 0.0280. The molecule has 0 amide bonds. The first-order valence-corrected chi connectivity index (χ1v) is 21.9. The Labute approximate surface area is 312 Å². The Hall–Kier alpha value is 0.870. The molecule has 0 saturated carbocycles. The van der Waals surface area contributed by atoms with Gasteiger partial charge in [-0.1, -0.05) is 232 Å². The summed E-state index contributed by atoms with van der Waals surface area (Å²) in [5, 5.41) is 0. The zero-order valence-corrected chi connectivity index (χ0v) is 34.6. The van der Waals surface area contributed by atoms with Crippen LogP contribution < -0.4 is 29.6 Å². The Morgan fingerprint density at radius 2 is 0.587 bits per heavy atom. The fourth-order valence-corrected chi connectivity index (χ4v) is 7.17. The Bertz CT molecular complexity index is 658. The maximum absolute atomic E-state index is 11.0. The first kappa shape index (κ1) is 49.0. The van der Waals surface area contributed by atoms with E-state index in [2.05, 4.69) is 18.0 Å². The van der Waals surface area contributed by atoms with E-state index in [1.54, 1.807) is 0 Å². The number of rotatable bonds is 39. The average Bonchev–Trinajstić information content (AvgIpc) is 3.02. The molecule has 0 spiro atoms. The molecule has 0 aliphatic carbocycles. The van der Waals surface area contributed by atoms with Crippen LogP contribution in [0.1, 0.15) is 245 Å². The van der Waals surface area contributed by atoms with E-state index in [1.807, 2.05) is 0 Å². The van der Waals surface area contributed by atoms with Crippen molar-refractivity contribution in [3.05, 3.63) is 0 Å². The minimum atomic E-state index is -4.59. The molecule has 0 aromatic heterocycles. The normalized spacial score (nSPS) is 12.4. The maximum Gasteiger partial charge on any atom is 1.00 e. The summed E-state index contributed by atoms with van der Waals surface area (Å²) in [5.74, 6) is 0.196. The summed E-state index contributed by atoms with van der Waals surface area (Å²) in [4.78, 5) is 0. The molecule has 0 saturated heterocycles. The van der Waals surface area contributed by atoms with E-state index in [1.165, 1.54) is 205 Å². The van der Waals surface area contributed by atoms with Gasteiger partial charge in [-0.3, -0.25) is 4.18 Å². The van der Waals surface area contributed by atoms with Crippen molar-refractivity contribution in [1.29, 1.82) is 0 Å². The van der Waals surface area contributed by atoms with Gasteiger partial charge in [-0.05, 0) is 18.8 Å². The van der Waals surface area contributed by atoms with Gasteiger partial charge in [-0.25, -0.2) is 8.42 Å². The van der Waals surface area contributed by atoms with Gasteiger partial charge in [-0.15, -0.1) is 0 Å². The predicted octanol–water partition coefficient (Wildman–Crippen LogP) is 11.2. The molecule has 0 aliphatic heterocycles. The molecule has 4 nitrogen and oxygen atoms in total. The molecule has 0 heterocycles. The van der Waals surface area contributed by atoms with Crippen LogP contribution >= 0.6 is 0 Å². The van der Waals surface area contributed by atoms with Crippen molar-refractivity contribution in [3.63, 3.8) is 0 Å². The summed E-state index contributed by atoms with van der Waals surface area (Å²) in [6, 6.07) is 0. The molecule has 272 valence electrons. The number of hydrogen-bond acceptors (Lipinski definition) is 4. The Morgan fingerprint density at radius 1 is 0.391 bits per heavy atom. The molecule has 0 aromatic rings. The molecular formula is C40H81NaO4S. The van der Waals surface area contributed by atoms with Crippen molar-refractivity contribution in [2.24, 2.45) is 5.92 Å². The molecule has 0 N–H and O–H groups in total. The van der Waals surface area contributed by atoms with Gasteiger partial charge in [0, 0.05) is 0 Å². The zero-order chi connectivity index (χ0) is 32.9. The van der Waals surface area contributed by atoms with Crippen molar-refractivity contribution in [3.8, 4) is 0 Å². The molecule has 0 aliphatic rings. The molecular weight excluding hydrogens is 599 g/mol. The zero-order valence-electron chi connectivity index (χ0n) is 31.8. The first-order chi connectivity index (χ1) is 22.0. The molecule has 1 atom stereocenters. The van der Waals surface area contributed by atoms with E-state index in [4.69, 9.17) is 0 Å². The largest absolute Gasteiger partial charge is 1.00 e. The first-order valence-electron chi connectivity index (χ1n) is 20.6. The smallest absolute Gasteiger partial charge is 0.726 e. The molecule has 0 rings (SSSR count). The van der Waals surface area contributed by atoms with Crippen molar-refractivity contribution in [2.75, 3.05) is 6.61 Å². The van der Waals surface area contributed by atoms with E-state index in [-0.39, 0.29) is 42.1 Å². The summed E-state index contributed by atoms with van der Waals surface area (Å²) in [5.41, 5.74) is 0. The predicted molar refractivity (Wildman–Crippen MR) is 197 cm³/mol. The van der Waals surface area contributed by atoms with E-state index < -0.39 is 10.4 Å². The molecule has 46 heavy (non-hydrogen) atoms. The fourth-order valence-electron chi connectivity index (χ4n) is 6.81. The minimum absolute atomic E-state index is 0. The summed E-state index contributed by atoms with van der Waals surface area (Å²) in [6.45, 7) is 4.64. The molecule has 0 radical (unpaired) electrons.